The van der Waals surface area contributed by atoms with Gasteiger partial charge in [-0.1, -0.05) is 17.3 Å². The number of piperidine rings is 1. The Hall–Kier alpha value is -3.34. The normalized spacial score (nSPS) is 17.0. The maximum absolute atomic E-state index is 13.3. The molecule has 0 unspecified atom stereocenters. The van der Waals surface area contributed by atoms with E-state index in [1.165, 1.54) is 0 Å². The quantitative estimate of drug-likeness (QED) is 0.712. The van der Waals surface area contributed by atoms with Crippen molar-refractivity contribution in [1.82, 2.24) is 15.0 Å². The van der Waals surface area contributed by atoms with E-state index in [-0.39, 0.29) is 29.8 Å². The van der Waals surface area contributed by atoms with Gasteiger partial charge in [-0.25, -0.2) is 4.79 Å². The van der Waals surface area contributed by atoms with E-state index in [0.717, 1.165) is 18.4 Å². The Kier molecular flexibility index (Phi) is 5.92. The number of aromatic nitrogens is 1. The topological polar surface area (TPSA) is 99.7 Å². The van der Waals surface area contributed by atoms with E-state index in [1.807, 2.05) is 25.7 Å². The van der Waals surface area contributed by atoms with Gasteiger partial charge in [0, 0.05) is 36.8 Å². The summed E-state index contributed by atoms with van der Waals surface area (Å²) < 4.78 is 10.9. The highest BCUT2D eigenvalue weighted by Crippen LogP contribution is 2.34. The minimum Gasteiger partial charge on any atom is -0.444 e. The summed E-state index contributed by atoms with van der Waals surface area (Å²) in [5.74, 6) is 0.0569. The van der Waals surface area contributed by atoms with Gasteiger partial charge in [0.2, 0.25) is 5.76 Å². The summed E-state index contributed by atoms with van der Waals surface area (Å²) >= 11 is 0. The van der Waals surface area contributed by atoms with Crippen LogP contribution in [0.15, 0.2) is 34.9 Å². The third-order valence-corrected chi connectivity index (χ3v) is 5.72. The first-order valence-corrected chi connectivity index (χ1v) is 11.0. The summed E-state index contributed by atoms with van der Waals surface area (Å²) in [7, 11) is 0. The van der Waals surface area contributed by atoms with Crippen molar-refractivity contribution in [2.75, 3.05) is 13.1 Å². The number of carbonyl (C=O) groups excluding carboxylic acids is 2. The molecule has 0 atom stereocenters. The molecule has 1 saturated carbocycles. The van der Waals surface area contributed by atoms with E-state index in [1.54, 1.807) is 35.2 Å². The van der Waals surface area contributed by atoms with E-state index in [4.69, 9.17) is 14.5 Å². The van der Waals surface area contributed by atoms with Crippen LogP contribution in [0.3, 0.4) is 0 Å². The van der Waals surface area contributed by atoms with E-state index < -0.39 is 5.60 Å². The van der Waals surface area contributed by atoms with Gasteiger partial charge < -0.3 is 19.1 Å². The van der Waals surface area contributed by atoms with Crippen molar-refractivity contribution >= 4 is 12.0 Å². The maximum atomic E-state index is 13.3. The zero-order valence-corrected chi connectivity index (χ0v) is 18.7. The highest BCUT2D eigenvalue weighted by atomic mass is 16.6. The first-order chi connectivity index (χ1) is 15.2. The van der Waals surface area contributed by atoms with Crippen molar-refractivity contribution in [2.24, 2.45) is 0 Å². The van der Waals surface area contributed by atoms with Gasteiger partial charge in [-0.3, -0.25) is 4.79 Å². The molecule has 1 aromatic carbocycles. The third-order valence-electron chi connectivity index (χ3n) is 5.72. The number of hydrogen-bond donors (Lipinski definition) is 0. The number of nitriles is 1. The molecule has 8 nitrogen and oxygen atoms in total. The van der Waals surface area contributed by atoms with Gasteiger partial charge in [-0.05, 0) is 58.6 Å². The lowest BCUT2D eigenvalue weighted by Gasteiger charge is -2.38. The van der Waals surface area contributed by atoms with Gasteiger partial charge in [-0.15, -0.1) is 0 Å². The van der Waals surface area contributed by atoms with Crippen LogP contribution in [0.2, 0.25) is 0 Å². The van der Waals surface area contributed by atoms with Crippen LogP contribution in [0.4, 0.5) is 4.79 Å². The predicted octanol–water partition coefficient (Wildman–Crippen LogP) is 4.22. The van der Waals surface area contributed by atoms with E-state index in [9.17, 15) is 9.59 Å². The van der Waals surface area contributed by atoms with Crippen molar-refractivity contribution in [3.63, 3.8) is 0 Å². The molecule has 8 heteroatoms. The van der Waals surface area contributed by atoms with Gasteiger partial charge in [-0.2, -0.15) is 5.26 Å². The Morgan fingerprint density at radius 3 is 2.31 bits per heavy atom. The Balaban J connectivity index is 1.43. The largest absolute Gasteiger partial charge is 0.444 e. The highest BCUT2D eigenvalue weighted by molar-refractivity contribution is 5.93. The fourth-order valence-electron chi connectivity index (χ4n) is 3.99. The molecule has 168 valence electrons. The van der Waals surface area contributed by atoms with E-state index in [0.29, 0.717) is 37.2 Å². The molecule has 1 aliphatic carbocycles. The monoisotopic (exact) mass is 436 g/mol. The maximum Gasteiger partial charge on any atom is 0.410 e. The molecule has 2 aromatic rings. The van der Waals surface area contributed by atoms with Crippen LogP contribution in [-0.4, -0.2) is 57.7 Å². The van der Waals surface area contributed by atoms with Crippen molar-refractivity contribution < 1.29 is 18.8 Å². The number of benzene rings is 1. The molecule has 0 spiro atoms. The summed E-state index contributed by atoms with van der Waals surface area (Å²) in [6, 6.07) is 11.0. The second-order valence-electron chi connectivity index (χ2n) is 9.41. The average molecular weight is 437 g/mol. The van der Waals surface area contributed by atoms with Gasteiger partial charge in [0.25, 0.3) is 5.91 Å². The number of nitrogens with zero attached hydrogens (tertiary/aromatic N) is 4. The average Bonchev–Trinajstić information content (AvgIpc) is 3.47. The standard InChI is InChI=1S/C24H28N4O4/c1-24(2,3)31-23(30)27-12-10-19(11-13-27)28(18-8-9-18)22(29)21-14-20(26-32-21)17-6-4-16(15-25)5-7-17/h4-7,14,18-19H,8-13H2,1-3H3. The second kappa shape index (κ2) is 8.65. The van der Waals surface area contributed by atoms with Crippen LogP contribution in [0, 0.1) is 11.3 Å². The molecule has 0 radical (unpaired) electrons. The molecule has 2 amide bonds. The van der Waals surface area contributed by atoms with Gasteiger partial charge >= 0.3 is 6.09 Å². The van der Waals surface area contributed by atoms with Crippen LogP contribution in [0.5, 0.6) is 0 Å². The lowest BCUT2D eigenvalue weighted by atomic mass is 10.0. The van der Waals surface area contributed by atoms with E-state index >= 15 is 0 Å². The van der Waals surface area contributed by atoms with Crippen molar-refractivity contribution in [1.29, 1.82) is 5.26 Å². The Morgan fingerprint density at radius 2 is 1.75 bits per heavy atom. The predicted molar refractivity (Wildman–Crippen MR) is 117 cm³/mol. The summed E-state index contributed by atoms with van der Waals surface area (Å²) in [6.07, 6.45) is 3.07. The molecule has 2 heterocycles. The van der Waals surface area contributed by atoms with Crippen molar-refractivity contribution in [2.45, 2.75) is 64.1 Å². The van der Waals surface area contributed by atoms with Crippen LogP contribution >= 0.6 is 0 Å². The first kappa shape index (κ1) is 21.9. The summed E-state index contributed by atoms with van der Waals surface area (Å²) in [5.41, 5.74) is 1.39. The molecule has 0 bridgehead atoms. The third kappa shape index (κ3) is 4.93. The smallest absolute Gasteiger partial charge is 0.410 e. The lowest BCUT2D eigenvalue weighted by Crippen LogP contribution is -2.50. The lowest BCUT2D eigenvalue weighted by molar-refractivity contribution is 0.0138. The second-order valence-corrected chi connectivity index (χ2v) is 9.41. The minimum absolute atomic E-state index is 0.0529. The highest BCUT2D eigenvalue weighted by Gasteiger charge is 2.41. The van der Waals surface area contributed by atoms with Gasteiger partial charge in [0.15, 0.2) is 0 Å². The van der Waals surface area contributed by atoms with Crippen LogP contribution in [0.1, 0.15) is 62.6 Å². The molecule has 1 aromatic heterocycles. The Morgan fingerprint density at radius 1 is 1.12 bits per heavy atom. The fraction of sp³-hybridized carbons (Fsp3) is 0.500. The molecular formula is C24H28N4O4. The number of rotatable bonds is 4. The molecule has 1 saturated heterocycles. The summed E-state index contributed by atoms with van der Waals surface area (Å²) in [5, 5.41) is 13.0. The van der Waals surface area contributed by atoms with Gasteiger partial charge in [0.05, 0.1) is 11.6 Å². The zero-order valence-electron chi connectivity index (χ0n) is 18.7. The number of ether oxygens (including phenoxy) is 1. The van der Waals surface area contributed by atoms with Crippen LogP contribution in [0.25, 0.3) is 11.3 Å². The number of hydrogen-bond acceptors (Lipinski definition) is 6. The van der Waals surface area contributed by atoms with E-state index in [2.05, 4.69) is 11.2 Å². The van der Waals surface area contributed by atoms with Crippen LogP contribution in [-0.2, 0) is 4.74 Å². The zero-order chi connectivity index (χ0) is 22.9. The minimum atomic E-state index is -0.525. The van der Waals surface area contributed by atoms with Gasteiger partial charge in [0.1, 0.15) is 11.3 Å². The Labute approximate surface area is 187 Å². The van der Waals surface area contributed by atoms with Crippen molar-refractivity contribution in [3.8, 4) is 17.3 Å². The first-order valence-electron chi connectivity index (χ1n) is 11.0. The molecule has 4 rings (SSSR count). The van der Waals surface area contributed by atoms with Crippen LogP contribution < -0.4 is 0 Å². The molecular weight excluding hydrogens is 408 g/mol. The number of amides is 2. The van der Waals surface area contributed by atoms with Crippen molar-refractivity contribution in [3.05, 3.63) is 41.7 Å². The molecule has 0 N–H and O–H groups in total. The molecule has 2 aliphatic rings. The Bertz CT molecular complexity index is 1020. The fourth-order valence-corrected chi connectivity index (χ4v) is 3.99. The summed E-state index contributed by atoms with van der Waals surface area (Å²) in [6.45, 7) is 6.68. The number of likely N-dealkylation sites (tertiary alicyclic amines) is 1. The molecule has 32 heavy (non-hydrogen) atoms. The summed E-state index contributed by atoms with van der Waals surface area (Å²) in [4.78, 5) is 29.3. The molecule has 1 aliphatic heterocycles. The SMILES string of the molecule is CC(C)(C)OC(=O)N1CCC(N(C(=O)c2cc(-c3ccc(C#N)cc3)no2)C2CC2)CC1. The molecule has 2 fully saturated rings. The number of carbonyl (C=O) groups is 2.